The molecule has 0 aromatic heterocycles. The maximum atomic E-state index is 11.7. The Morgan fingerprint density at radius 2 is 1.94 bits per heavy atom. The fraction of sp³-hybridized carbons (Fsp3) is 1.00. The van der Waals surface area contributed by atoms with Gasteiger partial charge < -0.3 is 9.84 Å². The van der Waals surface area contributed by atoms with E-state index in [1.165, 1.54) is 0 Å². The number of alkyl halides is 3. The molecule has 0 heterocycles. The monoisotopic (exact) mass is 273 g/mol. The summed E-state index contributed by atoms with van der Waals surface area (Å²) in [5, 5.41) is 9.33. The van der Waals surface area contributed by atoms with Crippen LogP contribution in [0.25, 0.3) is 0 Å². The van der Waals surface area contributed by atoms with E-state index in [0.717, 1.165) is 25.7 Å². The van der Waals surface area contributed by atoms with Gasteiger partial charge in [-0.3, -0.25) is 4.84 Å². The summed E-state index contributed by atoms with van der Waals surface area (Å²) < 4.78 is 40.2. The highest BCUT2D eigenvalue weighted by Gasteiger charge is 2.27. The van der Waals surface area contributed by atoms with Gasteiger partial charge in [-0.05, 0) is 6.42 Å². The van der Waals surface area contributed by atoms with Crippen molar-refractivity contribution in [3.05, 3.63) is 0 Å². The first-order valence-electron chi connectivity index (χ1n) is 6.13. The van der Waals surface area contributed by atoms with Crippen molar-refractivity contribution in [1.29, 1.82) is 0 Å². The molecule has 0 aliphatic heterocycles. The molecule has 0 aliphatic carbocycles. The number of halogens is 3. The van der Waals surface area contributed by atoms with E-state index in [-0.39, 0.29) is 13.2 Å². The molecule has 0 radical (unpaired) electrons. The van der Waals surface area contributed by atoms with Crippen LogP contribution in [0, 0.1) is 0 Å². The lowest BCUT2D eigenvalue weighted by atomic mass is 10.2. The molecule has 0 aromatic carbocycles. The Labute approximate surface area is 105 Å². The van der Waals surface area contributed by atoms with Gasteiger partial charge in [0.15, 0.2) is 6.61 Å². The molecule has 0 fully saturated rings. The zero-order valence-electron chi connectivity index (χ0n) is 10.6. The quantitative estimate of drug-likeness (QED) is 0.447. The normalized spacial score (nSPS) is 13.8. The maximum absolute atomic E-state index is 11.7. The van der Waals surface area contributed by atoms with Gasteiger partial charge in [-0.1, -0.05) is 26.2 Å². The number of ether oxygens (including phenoxy) is 1. The highest BCUT2D eigenvalue weighted by atomic mass is 19.4. The minimum Gasteiger partial charge on any atom is -0.389 e. The van der Waals surface area contributed by atoms with Crippen LogP contribution in [0.15, 0.2) is 0 Å². The Kier molecular flexibility index (Phi) is 10.3. The van der Waals surface area contributed by atoms with E-state index in [0.29, 0.717) is 6.61 Å². The molecule has 0 rings (SSSR count). The van der Waals surface area contributed by atoms with Gasteiger partial charge in [0.25, 0.3) is 0 Å². The molecule has 0 spiro atoms. The van der Waals surface area contributed by atoms with E-state index >= 15 is 0 Å². The third-order valence-electron chi connectivity index (χ3n) is 2.11. The Hall–Kier alpha value is -0.370. The van der Waals surface area contributed by atoms with Crippen LogP contribution in [0.2, 0.25) is 0 Å². The predicted molar refractivity (Wildman–Crippen MR) is 61.0 cm³/mol. The fourth-order valence-electron chi connectivity index (χ4n) is 1.20. The summed E-state index contributed by atoms with van der Waals surface area (Å²) in [4.78, 5) is 4.14. The summed E-state index contributed by atoms with van der Waals surface area (Å²) in [6, 6.07) is 0. The molecule has 0 saturated carbocycles. The van der Waals surface area contributed by atoms with Crippen LogP contribution < -0.4 is 5.48 Å². The SMILES string of the molecule is CCCCCCOCC(O)CNOCC(F)(F)F. The van der Waals surface area contributed by atoms with Crippen molar-refractivity contribution in [1.82, 2.24) is 5.48 Å². The Morgan fingerprint density at radius 3 is 2.56 bits per heavy atom. The van der Waals surface area contributed by atoms with E-state index in [2.05, 4.69) is 17.2 Å². The largest absolute Gasteiger partial charge is 0.413 e. The van der Waals surface area contributed by atoms with E-state index in [1.807, 2.05) is 0 Å². The highest BCUT2D eigenvalue weighted by molar-refractivity contribution is 4.54. The first kappa shape index (κ1) is 17.6. The van der Waals surface area contributed by atoms with Crippen molar-refractivity contribution >= 4 is 0 Å². The first-order valence-corrected chi connectivity index (χ1v) is 6.13. The zero-order chi connectivity index (χ0) is 13.9. The molecular formula is C11H22F3NO3. The van der Waals surface area contributed by atoms with Gasteiger partial charge in [-0.25, -0.2) is 0 Å². The van der Waals surface area contributed by atoms with Gasteiger partial charge in [0, 0.05) is 13.2 Å². The van der Waals surface area contributed by atoms with Crippen molar-refractivity contribution in [3.8, 4) is 0 Å². The summed E-state index contributed by atoms with van der Waals surface area (Å²) in [6.45, 7) is 1.29. The van der Waals surface area contributed by atoms with Gasteiger partial charge in [-0.15, -0.1) is 0 Å². The highest BCUT2D eigenvalue weighted by Crippen LogP contribution is 2.13. The number of hydrogen-bond donors (Lipinski definition) is 2. The molecular weight excluding hydrogens is 251 g/mol. The van der Waals surface area contributed by atoms with E-state index < -0.39 is 18.9 Å². The van der Waals surface area contributed by atoms with Crippen molar-refractivity contribution in [2.75, 3.05) is 26.4 Å². The van der Waals surface area contributed by atoms with Crippen molar-refractivity contribution in [2.45, 2.75) is 44.9 Å². The number of aliphatic hydroxyl groups excluding tert-OH is 1. The lowest BCUT2D eigenvalue weighted by Crippen LogP contribution is -2.33. The molecule has 18 heavy (non-hydrogen) atoms. The van der Waals surface area contributed by atoms with E-state index in [4.69, 9.17) is 4.74 Å². The minimum atomic E-state index is -4.37. The molecule has 110 valence electrons. The lowest BCUT2D eigenvalue weighted by molar-refractivity contribution is -0.191. The van der Waals surface area contributed by atoms with Crippen LogP contribution in [-0.2, 0) is 9.57 Å². The predicted octanol–water partition coefficient (Wildman–Crippen LogP) is 2.03. The molecule has 1 atom stereocenters. The first-order chi connectivity index (χ1) is 8.45. The van der Waals surface area contributed by atoms with Gasteiger partial charge in [0.05, 0.1) is 12.7 Å². The third kappa shape index (κ3) is 13.7. The standard InChI is InChI=1S/C11H22F3NO3/c1-2-3-4-5-6-17-8-10(16)7-15-18-9-11(12,13)14/h10,15-16H,2-9H2,1H3. The second kappa shape index (κ2) is 10.5. The molecule has 0 bridgehead atoms. The van der Waals surface area contributed by atoms with Gasteiger partial charge >= 0.3 is 6.18 Å². The summed E-state index contributed by atoms with van der Waals surface area (Å²) >= 11 is 0. The number of hydrogen-bond acceptors (Lipinski definition) is 4. The van der Waals surface area contributed by atoms with Crippen molar-refractivity contribution < 1.29 is 27.9 Å². The van der Waals surface area contributed by atoms with E-state index in [9.17, 15) is 18.3 Å². The summed E-state index contributed by atoms with van der Waals surface area (Å²) in [5.41, 5.74) is 2.05. The molecule has 0 amide bonds. The Bertz CT molecular complexity index is 191. The average molecular weight is 273 g/mol. The lowest BCUT2D eigenvalue weighted by Gasteiger charge is -2.13. The van der Waals surface area contributed by atoms with Crippen LogP contribution >= 0.6 is 0 Å². The maximum Gasteiger partial charge on any atom is 0.413 e. The molecule has 1 unspecified atom stereocenters. The molecule has 0 aliphatic rings. The van der Waals surface area contributed by atoms with Crippen LogP contribution in [0.4, 0.5) is 13.2 Å². The summed E-state index contributed by atoms with van der Waals surface area (Å²) in [6.07, 6.45) is -0.933. The number of unbranched alkanes of at least 4 members (excludes halogenated alkanes) is 3. The van der Waals surface area contributed by atoms with Crippen LogP contribution in [0.3, 0.4) is 0 Å². The number of hydroxylamine groups is 1. The van der Waals surface area contributed by atoms with Gasteiger partial charge in [0.1, 0.15) is 0 Å². The Balaban J connectivity index is 3.25. The molecule has 4 nitrogen and oxygen atoms in total. The third-order valence-corrected chi connectivity index (χ3v) is 2.11. The van der Waals surface area contributed by atoms with E-state index in [1.54, 1.807) is 0 Å². The molecule has 0 aromatic rings. The van der Waals surface area contributed by atoms with Crippen LogP contribution in [0.5, 0.6) is 0 Å². The number of rotatable bonds is 11. The second-order valence-corrected chi connectivity index (χ2v) is 4.04. The van der Waals surface area contributed by atoms with Gasteiger partial charge in [0.2, 0.25) is 0 Å². The minimum absolute atomic E-state index is 0.0918. The molecule has 2 N–H and O–H groups in total. The van der Waals surface area contributed by atoms with Crippen LogP contribution in [-0.4, -0.2) is 43.8 Å². The topological polar surface area (TPSA) is 50.7 Å². The smallest absolute Gasteiger partial charge is 0.389 e. The summed E-state index contributed by atoms with van der Waals surface area (Å²) in [5.74, 6) is 0. The molecule has 0 saturated heterocycles. The van der Waals surface area contributed by atoms with Crippen LogP contribution in [0.1, 0.15) is 32.6 Å². The van der Waals surface area contributed by atoms with Crippen molar-refractivity contribution in [3.63, 3.8) is 0 Å². The second-order valence-electron chi connectivity index (χ2n) is 4.04. The summed E-state index contributed by atoms with van der Waals surface area (Å²) in [7, 11) is 0. The zero-order valence-corrected chi connectivity index (χ0v) is 10.6. The Morgan fingerprint density at radius 1 is 1.22 bits per heavy atom. The van der Waals surface area contributed by atoms with Gasteiger partial charge in [-0.2, -0.15) is 18.7 Å². The average Bonchev–Trinajstić information content (AvgIpc) is 2.28. The number of aliphatic hydroxyl groups is 1. The fourth-order valence-corrected chi connectivity index (χ4v) is 1.20. The van der Waals surface area contributed by atoms with Crippen molar-refractivity contribution in [2.24, 2.45) is 0 Å². The number of nitrogens with one attached hydrogen (secondary N) is 1. The molecule has 7 heteroatoms.